The van der Waals surface area contributed by atoms with Gasteiger partial charge in [-0.3, -0.25) is 4.57 Å². The van der Waals surface area contributed by atoms with Gasteiger partial charge in [-0.2, -0.15) is 4.20 Å². The molecule has 5 heteroatoms. The molecule has 0 aromatic rings. The summed E-state index contributed by atoms with van der Waals surface area (Å²) in [5.41, 5.74) is 0. The highest BCUT2D eigenvalue weighted by Crippen LogP contribution is 2.10. The second-order valence-electron chi connectivity index (χ2n) is 0.696. The molecule has 0 aliphatic heterocycles. The first-order valence-corrected chi connectivity index (χ1v) is 2.93. The first-order chi connectivity index (χ1) is 3.65. The molecule has 0 aliphatic carbocycles. The van der Waals surface area contributed by atoms with Gasteiger partial charge in [0.2, 0.25) is 0 Å². The number of rotatable bonds is 1. The van der Waals surface area contributed by atoms with Gasteiger partial charge in [0.1, 0.15) is 6.67 Å². The van der Waals surface area contributed by atoms with Crippen molar-refractivity contribution in [2.24, 2.45) is 0 Å². The van der Waals surface area contributed by atoms with Crippen LogP contribution in [0.15, 0.2) is 12.7 Å². The molecule has 1 N–H and O–H groups in total. The van der Waals surface area contributed by atoms with Crippen molar-refractivity contribution in [3.8, 4) is 0 Å². The average Bonchev–Trinajstić information content (AvgIpc) is 1.65. The first kappa shape index (κ1) is 10.7. The molecule has 0 bridgehead atoms. The Morgan fingerprint density at radius 1 is 1.88 bits per heavy atom. The maximum atomic E-state index is 10.6. The van der Waals surface area contributed by atoms with Crippen LogP contribution in [0.2, 0.25) is 0 Å². The van der Waals surface area contributed by atoms with Crippen molar-refractivity contribution in [2.75, 3.05) is 6.67 Å². The zero-order valence-electron chi connectivity index (χ0n) is 4.10. The third-order valence-electron chi connectivity index (χ3n) is 0.109. The fourth-order valence-corrected chi connectivity index (χ4v) is 0. The van der Waals surface area contributed by atoms with Gasteiger partial charge in [0.25, 0.3) is 0 Å². The van der Waals surface area contributed by atoms with E-state index in [1.165, 1.54) is 6.08 Å². The highest BCUT2D eigenvalue weighted by Gasteiger charge is 1.67. The van der Waals surface area contributed by atoms with E-state index in [0.29, 0.717) is 0 Å². The molecule has 0 saturated heterocycles. The van der Waals surface area contributed by atoms with Crippen LogP contribution in [0.1, 0.15) is 0 Å². The first-order valence-electron chi connectivity index (χ1n) is 1.70. The van der Waals surface area contributed by atoms with E-state index in [0.717, 1.165) is 0 Å². The topological polar surface area (TPSA) is 37.3 Å². The summed E-state index contributed by atoms with van der Waals surface area (Å²) in [5.74, 6) is 0. The fraction of sp³-hybridized carbons (Fsp3) is 0.333. The van der Waals surface area contributed by atoms with Crippen LogP contribution in [-0.4, -0.2) is 11.6 Å². The van der Waals surface area contributed by atoms with E-state index in [1.54, 1.807) is 0 Å². The van der Waals surface area contributed by atoms with Gasteiger partial charge < -0.3 is 4.89 Å². The molecule has 50 valence electrons. The molecular formula is C3H7F2O2P. The molecule has 0 aliphatic rings. The predicted octanol–water partition coefficient (Wildman–Crippen LogP) is 1.48. The molecular weight excluding hydrogens is 137 g/mol. The Balaban J connectivity index is 0. The molecule has 8 heavy (non-hydrogen) atoms. The molecule has 0 spiro atoms. The minimum absolute atomic E-state index is 0.417. The van der Waals surface area contributed by atoms with E-state index in [-0.39, 0.29) is 0 Å². The van der Waals surface area contributed by atoms with Crippen molar-refractivity contribution in [1.29, 1.82) is 0 Å². The van der Waals surface area contributed by atoms with Crippen LogP contribution in [0.5, 0.6) is 0 Å². The lowest BCUT2D eigenvalue weighted by Gasteiger charge is -1.56. The second kappa shape index (κ2) is 9.92. The van der Waals surface area contributed by atoms with E-state index in [9.17, 15) is 8.59 Å². The highest BCUT2D eigenvalue weighted by molar-refractivity contribution is 7.31. The molecule has 0 heterocycles. The SMILES string of the molecule is C=CCF.O=[PH](O)F. The van der Waals surface area contributed by atoms with Crippen LogP contribution in [0.4, 0.5) is 8.59 Å². The van der Waals surface area contributed by atoms with E-state index in [2.05, 4.69) is 6.58 Å². The minimum atomic E-state index is -3.63. The number of alkyl halides is 1. The van der Waals surface area contributed by atoms with Gasteiger partial charge in [-0.1, -0.05) is 6.08 Å². The van der Waals surface area contributed by atoms with Crippen molar-refractivity contribution in [3.63, 3.8) is 0 Å². The third kappa shape index (κ3) is 213. The lowest BCUT2D eigenvalue weighted by molar-refractivity contribution is 0.460. The molecule has 0 aromatic heterocycles. The monoisotopic (exact) mass is 144 g/mol. The smallest absolute Gasteiger partial charge is 0.323 e. The summed E-state index contributed by atoms with van der Waals surface area (Å²) in [6.45, 7) is 2.69. The molecule has 0 amide bonds. The number of allylic oxidation sites excluding steroid dienone is 1. The molecule has 2 nitrogen and oxygen atoms in total. The summed E-state index contributed by atoms with van der Waals surface area (Å²) in [6.07, 6.45) is 1.21. The number of hydrogen-bond donors (Lipinski definition) is 1. The molecule has 0 aromatic carbocycles. The average molecular weight is 144 g/mol. The van der Waals surface area contributed by atoms with Crippen molar-refractivity contribution in [2.45, 2.75) is 0 Å². The Bertz CT molecular complexity index is 71.7. The van der Waals surface area contributed by atoms with Gasteiger partial charge >= 0.3 is 8.34 Å². The summed E-state index contributed by atoms with van der Waals surface area (Å²) in [4.78, 5) is 6.94. The molecule has 0 radical (unpaired) electrons. The van der Waals surface area contributed by atoms with Gasteiger partial charge in [-0.05, 0) is 0 Å². The number of hydrogen-bond acceptors (Lipinski definition) is 1. The normalized spacial score (nSPS) is 10.9. The van der Waals surface area contributed by atoms with Crippen LogP contribution < -0.4 is 0 Å². The molecule has 1 atom stereocenters. The largest absolute Gasteiger partial charge is 0.353 e. The standard InChI is InChI=1S/C3H5F.FH2O2P/c1-2-3-4;1-4(2)3/h2H,1,3H2;4H,(H,2,3). The van der Waals surface area contributed by atoms with Crippen molar-refractivity contribution >= 4 is 8.34 Å². The molecule has 0 saturated carbocycles. The van der Waals surface area contributed by atoms with Crippen molar-refractivity contribution < 1.29 is 18.0 Å². The molecule has 0 rings (SSSR count). The zero-order chi connectivity index (χ0) is 6.99. The summed E-state index contributed by atoms with van der Waals surface area (Å²) < 4.78 is 29.2. The van der Waals surface area contributed by atoms with Crippen LogP contribution in [0, 0.1) is 0 Å². The van der Waals surface area contributed by atoms with E-state index in [4.69, 9.17) is 9.46 Å². The van der Waals surface area contributed by atoms with Crippen LogP contribution >= 0.6 is 8.34 Å². The molecule has 1 unspecified atom stereocenters. The van der Waals surface area contributed by atoms with Gasteiger partial charge in [0, 0.05) is 0 Å². The van der Waals surface area contributed by atoms with Gasteiger partial charge in [-0.15, -0.1) is 6.58 Å². The van der Waals surface area contributed by atoms with Gasteiger partial charge in [-0.25, -0.2) is 4.39 Å². The van der Waals surface area contributed by atoms with Crippen molar-refractivity contribution in [1.82, 2.24) is 0 Å². The Labute approximate surface area is 46.8 Å². The summed E-state index contributed by atoms with van der Waals surface area (Å²) in [6, 6.07) is 0. The number of halogens is 2. The third-order valence-corrected chi connectivity index (χ3v) is 0.109. The fourth-order valence-electron chi connectivity index (χ4n) is 0. The van der Waals surface area contributed by atoms with E-state index >= 15 is 0 Å². The maximum absolute atomic E-state index is 10.6. The second-order valence-corrected chi connectivity index (χ2v) is 1.20. The van der Waals surface area contributed by atoms with Gasteiger partial charge in [0.05, 0.1) is 0 Å². The van der Waals surface area contributed by atoms with Crippen LogP contribution in [0.3, 0.4) is 0 Å². The summed E-state index contributed by atoms with van der Waals surface area (Å²) >= 11 is 0. The predicted molar refractivity (Wildman–Crippen MR) is 28.5 cm³/mol. The quantitative estimate of drug-likeness (QED) is 0.447. The van der Waals surface area contributed by atoms with Crippen LogP contribution in [-0.2, 0) is 4.57 Å². The van der Waals surface area contributed by atoms with Crippen molar-refractivity contribution in [3.05, 3.63) is 12.7 Å². The highest BCUT2D eigenvalue weighted by atomic mass is 31.2. The van der Waals surface area contributed by atoms with E-state index < -0.39 is 15.0 Å². The van der Waals surface area contributed by atoms with Crippen LogP contribution in [0.25, 0.3) is 0 Å². The minimum Gasteiger partial charge on any atom is -0.323 e. The zero-order valence-corrected chi connectivity index (χ0v) is 5.10. The lowest BCUT2D eigenvalue weighted by Crippen LogP contribution is -1.48. The summed E-state index contributed by atoms with van der Waals surface area (Å²) in [5, 5.41) is 0. The summed E-state index contributed by atoms with van der Waals surface area (Å²) in [7, 11) is -3.63. The Morgan fingerprint density at radius 2 is 2.00 bits per heavy atom. The Hall–Kier alpha value is -0.210. The Kier molecular flexibility index (Phi) is 13.3. The van der Waals surface area contributed by atoms with Gasteiger partial charge in [0.15, 0.2) is 0 Å². The Morgan fingerprint density at radius 3 is 2.00 bits per heavy atom. The molecule has 0 fully saturated rings. The van der Waals surface area contributed by atoms with E-state index in [1.807, 2.05) is 0 Å². The lowest BCUT2D eigenvalue weighted by atomic mass is 10.7. The maximum Gasteiger partial charge on any atom is 0.353 e.